The van der Waals surface area contributed by atoms with Crippen molar-refractivity contribution in [1.29, 1.82) is 0 Å². The van der Waals surface area contributed by atoms with E-state index in [1.54, 1.807) is 0 Å². The van der Waals surface area contributed by atoms with Crippen LogP contribution < -0.4 is 10.2 Å². The van der Waals surface area contributed by atoms with E-state index in [0.717, 1.165) is 16.5 Å². The molecule has 1 fully saturated rings. The molecule has 0 saturated carbocycles. The van der Waals surface area contributed by atoms with Gasteiger partial charge in [0.05, 0.1) is 17.8 Å². The Morgan fingerprint density at radius 1 is 1.07 bits per heavy atom. The summed E-state index contributed by atoms with van der Waals surface area (Å²) in [5.41, 5.74) is 5.89. The maximum atomic E-state index is 5.79. The van der Waals surface area contributed by atoms with Crippen molar-refractivity contribution in [2.24, 2.45) is 0 Å². The maximum absolute atomic E-state index is 5.79. The number of aromatic nitrogens is 2. The van der Waals surface area contributed by atoms with E-state index in [1.165, 1.54) is 16.7 Å². The van der Waals surface area contributed by atoms with E-state index in [4.69, 9.17) is 12.2 Å². The van der Waals surface area contributed by atoms with Gasteiger partial charge in [-0.05, 0) is 86.9 Å². The number of pyridine rings is 1. The lowest BCUT2D eigenvalue weighted by molar-refractivity contribution is 0.560. The number of hydrogen-bond donors (Lipinski definition) is 1. The molecule has 1 N–H and O–H groups in total. The fourth-order valence-corrected chi connectivity index (χ4v) is 4.12. The summed E-state index contributed by atoms with van der Waals surface area (Å²) in [5.74, 6) is 0. The highest BCUT2D eigenvalue weighted by molar-refractivity contribution is 7.80. The Hall–Kier alpha value is -2.66. The number of nitrogens with zero attached hydrogens (tertiary/aromatic N) is 3. The maximum Gasteiger partial charge on any atom is 0.174 e. The van der Waals surface area contributed by atoms with Crippen LogP contribution in [0.2, 0.25) is 0 Å². The zero-order valence-electron chi connectivity index (χ0n) is 16.8. The quantitative estimate of drug-likeness (QED) is 0.616. The van der Waals surface area contributed by atoms with E-state index < -0.39 is 0 Å². The largest absolute Gasteiger partial charge is 0.351 e. The average Bonchev–Trinajstić information content (AvgIpc) is 3.29. The van der Waals surface area contributed by atoms with Gasteiger partial charge in [0.25, 0.3) is 0 Å². The van der Waals surface area contributed by atoms with Crippen molar-refractivity contribution in [2.45, 2.75) is 45.8 Å². The van der Waals surface area contributed by atoms with Crippen molar-refractivity contribution >= 4 is 23.0 Å². The van der Waals surface area contributed by atoms with Gasteiger partial charge in [0, 0.05) is 30.3 Å². The van der Waals surface area contributed by atoms with Crippen molar-refractivity contribution in [2.75, 3.05) is 4.90 Å². The first kappa shape index (κ1) is 18.7. The molecule has 5 heteroatoms. The van der Waals surface area contributed by atoms with Gasteiger partial charge in [-0.15, -0.1) is 0 Å². The molecule has 0 radical (unpaired) electrons. The zero-order valence-corrected chi connectivity index (χ0v) is 17.6. The normalized spacial score (nSPS) is 19.3. The average molecular weight is 391 g/mol. The second-order valence-electron chi connectivity index (χ2n) is 7.75. The summed E-state index contributed by atoms with van der Waals surface area (Å²) in [6.45, 7) is 8.67. The van der Waals surface area contributed by atoms with E-state index >= 15 is 0 Å². The number of hydrogen-bond acceptors (Lipinski definition) is 2. The Morgan fingerprint density at radius 2 is 1.89 bits per heavy atom. The zero-order chi connectivity index (χ0) is 19.8. The third-order valence-electron chi connectivity index (χ3n) is 5.54. The fourth-order valence-electron chi connectivity index (χ4n) is 3.77. The van der Waals surface area contributed by atoms with Crippen LogP contribution in [0.1, 0.15) is 54.4 Å². The molecule has 2 atom stereocenters. The smallest absolute Gasteiger partial charge is 0.174 e. The van der Waals surface area contributed by atoms with Crippen molar-refractivity contribution in [3.05, 3.63) is 83.4 Å². The lowest BCUT2D eigenvalue weighted by Crippen LogP contribution is -2.29. The van der Waals surface area contributed by atoms with Crippen LogP contribution in [-0.2, 0) is 0 Å². The number of thiocarbonyl (C=S) groups is 1. The molecule has 3 aromatic rings. The molecule has 4 nitrogen and oxygen atoms in total. The Kier molecular flexibility index (Phi) is 4.94. The summed E-state index contributed by atoms with van der Waals surface area (Å²) in [5, 5.41) is 4.26. The summed E-state index contributed by atoms with van der Waals surface area (Å²) in [6, 6.07) is 15.2. The highest BCUT2D eigenvalue weighted by atomic mass is 32.1. The Balaban J connectivity index is 1.82. The van der Waals surface area contributed by atoms with Crippen LogP contribution in [0, 0.1) is 13.8 Å². The molecule has 0 spiro atoms. The van der Waals surface area contributed by atoms with Crippen molar-refractivity contribution in [3.8, 4) is 0 Å². The van der Waals surface area contributed by atoms with E-state index in [0.29, 0.717) is 6.04 Å². The summed E-state index contributed by atoms with van der Waals surface area (Å²) >= 11 is 5.79. The Bertz CT molecular complexity index is 993. The molecule has 1 aliphatic heterocycles. The van der Waals surface area contributed by atoms with Gasteiger partial charge in [0.2, 0.25) is 0 Å². The first-order chi connectivity index (χ1) is 13.5. The number of anilines is 1. The third-order valence-corrected chi connectivity index (χ3v) is 5.86. The molecule has 3 heterocycles. The van der Waals surface area contributed by atoms with E-state index in [2.05, 4.69) is 90.2 Å². The van der Waals surface area contributed by atoms with E-state index in [1.807, 2.05) is 18.3 Å². The molecule has 0 bridgehead atoms. The molecule has 28 heavy (non-hydrogen) atoms. The molecular formula is C23H26N4S. The molecule has 1 aliphatic rings. The second kappa shape index (κ2) is 7.40. The number of benzene rings is 1. The van der Waals surface area contributed by atoms with Gasteiger partial charge in [-0.25, -0.2) is 0 Å². The van der Waals surface area contributed by atoms with Gasteiger partial charge in [-0.3, -0.25) is 4.98 Å². The number of rotatable bonds is 4. The van der Waals surface area contributed by atoms with Crippen LogP contribution >= 0.6 is 12.2 Å². The van der Waals surface area contributed by atoms with Crippen LogP contribution in [-0.4, -0.2) is 14.7 Å². The van der Waals surface area contributed by atoms with Crippen LogP contribution in [0.4, 0.5) is 5.69 Å². The number of nitrogens with one attached hydrogen (secondary N) is 1. The predicted octanol–water partition coefficient (Wildman–Crippen LogP) is 5.26. The first-order valence-corrected chi connectivity index (χ1v) is 10.1. The van der Waals surface area contributed by atoms with Gasteiger partial charge < -0.3 is 14.8 Å². The lowest BCUT2D eigenvalue weighted by Gasteiger charge is -2.28. The summed E-state index contributed by atoms with van der Waals surface area (Å²) in [4.78, 5) is 6.85. The molecular weight excluding hydrogens is 364 g/mol. The van der Waals surface area contributed by atoms with Crippen LogP contribution in [0.15, 0.2) is 61.1 Å². The van der Waals surface area contributed by atoms with Gasteiger partial charge in [0.15, 0.2) is 5.11 Å². The topological polar surface area (TPSA) is 33.1 Å². The highest BCUT2D eigenvalue weighted by Crippen LogP contribution is 2.42. The molecule has 144 valence electrons. The van der Waals surface area contributed by atoms with Crippen molar-refractivity contribution < 1.29 is 0 Å². The standard InChI is InChI=1S/C23H26N4S/c1-15(2)26-12-10-18(14-26)22-21(20-7-5-6-11-24-20)25-23(28)27(22)19-9-8-16(3)17(4)13-19/h5-15,21-22H,1-4H3,(H,25,28). The molecule has 1 aromatic carbocycles. The third kappa shape index (κ3) is 3.31. The van der Waals surface area contributed by atoms with Gasteiger partial charge >= 0.3 is 0 Å². The van der Waals surface area contributed by atoms with Gasteiger partial charge in [-0.1, -0.05) is 12.1 Å². The van der Waals surface area contributed by atoms with Gasteiger partial charge in [-0.2, -0.15) is 0 Å². The number of aryl methyl sites for hydroxylation is 2. The Morgan fingerprint density at radius 3 is 2.54 bits per heavy atom. The molecule has 2 aromatic heterocycles. The fraction of sp³-hybridized carbons (Fsp3) is 0.304. The van der Waals surface area contributed by atoms with Crippen LogP contribution in [0.5, 0.6) is 0 Å². The van der Waals surface area contributed by atoms with E-state index in [-0.39, 0.29) is 12.1 Å². The highest BCUT2D eigenvalue weighted by Gasteiger charge is 2.41. The molecule has 0 aliphatic carbocycles. The summed E-state index contributed by atoms with van der Waals surface area (Å²) < 4.78 is 2.24. The van der Waals surface area contributed by atoms with Crippen LogP contribution in [0.3, 0.4) is 0 Å². The van der Waals surface area contributed by atoms with Gasteiger partial charge in [0.1, 0.15) is 0 Å². The van der Waals surface area contributed by atoms with Crippen LogP contribution in [0.25, 0.3) is 0 Å². The molecule has 1 saturated heterocycles. The summed E-state index contributed by atoms with van der Waals surface area (Å²) in [7, 11) is 0. The predicted molar refractivity (Wildman–Crippen MR) is 119 cm³/mol. The first-order valence-electron chi connectivity index (χ1n) is 9.71. The Labute approximate surface area is 172 Å². The minimum atomic E-state index is -0.00155. The minimum absolute atomic E-state index is 0.00155. The monoisotopic (exact) mass is 390 g/mol. The van der Waals surface area contributed by atoms with Crippen molar-refractivity contribution in [3.63, 3.8) is 0 Å². The molecule has 0 amide bonds. The van der Waals surface area contributed by atoms with Crippen molar-refractivity contribution in [1.82, 2.24) is 14.9 Å². The molecule has 4 rings (SSSR count). The second-order valence-corrected chi connectivity index (χ2v) is 8.14. The van der Waals surface area contributed by atoms with E-state index in [9.17, 15) is 0 Å². The molecule has 2 unspecified atom stereocenters. The lowest BCUT2D eigenvalue weighted by atomic mass is 9.98. The minimum Gasteiger partial charge on any atom is -0.351 e. The SMILES string of the molecule is Cc1ccc(N2C(=S)NC(c3ccccn3)C2c2ccn(C(C)C)c2)cc1C. The summed E-state index contributed by atoms with van der Waals surface area (Å²) in [6.07, 6.45) is 6.22.